The third kappa shape index (κ3) is 3.66. The van der Waals surface area contributed by atoms with Crippen LogP contribution in [0, 0.1) is 5.92 Å². The number of anilines is 1. The van der Waals surface area contributed by atoms with Gasteiger partial charge in [-0.05, 0) is 23.6 Å². The molecule has 2 rings (SSSR count). The largest absolute Gasteiger partial charge is 0.394 e. The topological polar surface area (TPSA) is 15.3 Å². The zero-order valence-corrected chi connectivity index (χ0v) is 11.9. The van der Waals surface area contributed by atoms with E-state index in [1.54, 1.807) is 0 Å². The Labute approximate surface area is 118 Å². The van der Waals surface area contributed by atoms with E-state index in [4.69, 9.17) is 0 Å². The summed E-state index contributed by atoms with van der Waals surface area (Å²) in [7, 11) is 0. The zero-order valence-electron chi connectivity index (χ0n) is 11.9. The average molecular weight is 286 g/mol. The molecule has 1 N–H and O–H groups in total. The number of alkyl halides is 3. The fraction of sp³-hybridized carbons (Fsp3) is 0.600. The molecule has 0 radical (unpaired) electrons. The van der Waals surface area contributed by atoms with Gasteiger partial charge in [-0.1, -0.05) is 26.0 Å². The summed E-state index contributed by atoms with van der Waals surface area (Å²) < 4.78 is 38.9. The maximum Gasteiger partial charge on any atom is 0.394 e. The molecule has 1 fully saturated rings. The van der Waals surface area contributed by atoms with Crippen molar-refractivity contribution in [1.29, 1.82) is 0 Å². The van der Waals surface area contributed by atoms with Crippen LogP contribution in [0.15, 0.2) is 24.3 Å². The van der Waals surface area contributed by atoms with Crippen molar-refractivity contribution in [1.82, 2.24) is 5.32 Å². The maximum absolute atomic E-state index is 13.0. The van der Waals surface area contributed by atoms with Crippen molar-refractivity contribution in [3.8, 4) is 0 Å². The highest BCUT2D eigenvalue weighted by molar-refractivity contribution is 5.49. The first-order chi connectivity index (χ1) is 9.38. The van der Waals surface area contributed by atoms with E-state index < -0.39 is 12.1 Å². The fourth-order valence-electron chi connectivity index (χ4n) is 2.45. The van der Waals surface area contributed by atoms with E-state index in [-0.39, 0.29) is 13.1 Å². The van der Waals surface area contributed by atoms with E-state index in [1.165, 1.54) is 0 Å². The van der Waals surface area contributed by atoms with Gasteiger partial charge in [0.1, 0.15) is 0 Å². The van der Waals surface area contributed by atoms with Gasteiger partial charge in [-0.2, -0.15) is 13.2 Å². The minimum absolute atomic E-state index is 0.00384. The molecule has 0 amide bonds. The molecule has 1 unspecified atom stereocenters. The highest BCUT2D eigenvalue weighted by atomic mass is 19.4. The van der Waals surface area contributed by atoms with E-state index >= 15 is 0 Å². The molecule has 1 saturated heterocycles. The number of rotatable bonds is 2. The fourth-order valence-corrected chi connectivity index (χ4v) is 2.45. The summed E-state index contributed by atoms with van der Waals surface area (Å²) in [5, 5.41) is 2.88. The molecule has 1 aliphatic rings. The summed E-state index contributed by atoms with van der Waals surface area (Å²) in [5.41, 5.74) is 2.04. The molecular weight excluding hydrogens is 265 g/mol. The highest BCUT2D eigenvalue weighted by Crippen LogP contribution is 2.30. The standard InChI is InChI=1S/C15H21F3N2/c1-11(2)12-4-3-5-14(8-12)20-7-6-19-9-13(10-20)15(16,17)18/h3-5,8,11,13,19H,6-7,9-10H2,1-2H3. The van der Waals surface area contributed by atoms with E-state index in [1.807, 2.05) is 29.2 Å². The van der Waals surface area contributed by atoms with Crippen LogP contribution in [0.3, 0.4) is 0 Å². The summed E-state index contributed by atoms with van der Waals surface area (Å²) in [4.78, 5) is 1.84. The Hall–Kier alpha value is -1.23. The third-order valence-corrected chi connectivity index (χ3v) is 3.75. The van der Waals surface area contributed by atoms with E-state index in [0.29, 0.717) is 19.0 Å². The lowest BCUT2D eigenvalue weighted by Crippen LogP contribution is -2.38. The van der Waals surface area contributed by atoms with Crippen molar-refractivity contribution < 1.29 is 13.2 Å². The molecule has 1 aromatic rings. The van der Waals surface area contributed by atoms with E-state index in [2.05, 4.69) is 19.2 Å². The summed E-state index contributed by atoms with van der Waals surface area (Å²) >= 11 is 0. The third-order valence-electron chi connectivity index (χ3n) is 3.75. The van der Waals surface area contributed by atoms with Crippen LogP contribution in [0.5, 0.6) is 0 Å². The normalized spacial score (nSPS) is 21.1. The van der Waals surface area contributed by atoms with Crippen LogP contribution in [-0.4, -0.2) is 32.4 Å². The molecule has 1 aliphatic heterocycles. The molecule has 0 saturated carbocycles. The number of benzene rings is 1. The maximum atomic E-state index is 13.0. The Kier molecular flexibility index (Phi) is 4.58. The van der Waals surface area contributed by atoms with E-state index in [0.717, 1.165) is 11.3 Å². The molecule has 1 atom stereocenters. The molecule has 0 aliphatic carbocycles. The molecule has 5 heteroatoms. The second kappa shape index (κ2) is 6.04. The van der Waals surface area contributed by atoms with Gasteiger partial charge in [0.15, 0.2) is 0 Å². The van der Waals surface area contributed by atoms with Crippen molar-refractivity contribution in [2.24, 2.45) is 5.92 Å². The van der Waals surface area contributed by atoms with Crippen molar-refractivity contribution in [3.63, 3.8) is 0 Å². The molecule has 0 bridgehead atoms. The summed E-state index contributed by atoms with van der Waals surface area (Å²) in [6.07, 6.45) is -4.15. The average Bonchev–Trinajstić information content (AvgIpc) is 2.64. The predicted molar refractivity (Wildman–Crippen MR) is 75.2 cm³/mol. The van der Waals surface area contributed by atoms with Gasteiger partial charge in [0.05, 0.1) is 5.92 Å². The molecule has 0 aromatic heterocycles. The van der Waals surface area contributed by atoms with Gasteiger partial charge in [-0.15, -0.1) is 0 Å². The smallest absolute Gasteiger partial charge is 0.370 e. The van der Waals surface area contributed by atoms with Crippen molar-refractivity contribution in [2.75, 3.05) is 31.1 Å². The van der Waals surface area contributed by atoms with Crippen LogP contribution in [0.4, 0.5) is 18.9 Å². The molecule has 0 spiro atoms. The second-order valence-corrected chi connectivity index (χ2v) is 5.64. The lowest BCUT2D eigenvalue weighted by Gasteiger charge is -2.27. The Morgan fingerprint density at radius 2 is 2.05 bits per heavy atom. The van der Waals surface area contributed by atoms with Gasteiger partial charge >= 0.3 is 6.18 Å². The number of nitrogens with one attached hydrogen (secondary N) is 1. The Morgan fingerprint density at radius 1 is 1.30 bits per heavy atom. The van der Waals surface area contributed by atoms with Gasteiger partial charge < -0.3 is 10.2 Å². The van der Waals surface area contributed by atoms with Crippen molar-refractivity contribution in [3.05, 3.63) is 29.8 Å². The van der Waals surface area contributed by atoms with Gasteiger partial charge in [0.25, 0.3) is 0 Å². The minimum Gasteiger partial charge on any atom is -0.370 e. The molecule has 2 nitrogen and oxygen atoms in total. The minimum atomic E-state index is -4.15. The van der Waals surface area contributed by atoms with Gasteiger partial charge in [0.2, 0.25) is 0 Å². The van der Waals surface area contributed by atoms with E-state index in [9.17, 15) is 13.2 Å². The molecule has 1 heterocycles. The van der Waals surface area contributed by atoms with Crippen molar-refractivity contribution >= 4 is 5.69 Å². The van der Waals surface area contributed by atoms with Crippen LogP contribution < -0.4 is 10.2 Å². The first kappa shape index (κ1) is 15.2. The first-order valence-electron chi connectivity index (χ1n) is 7.00. The number of halogens is 3. The SMILES string of the molecule is CC(C)c1cccc(N2CCNCC(C(F)(F)F)C2)c1. The first-order valence-corrected chi connectivity index (χ1v) is 7.00. The number of hydrogen-bond acceptors (Lipinski definition) is 2. The number of nitrogens with zero attached hydrogens (tertiary/aromatic N) is 1. The van der Waals surface area contributed by atoms with Crippen LogP contribution in [0.1, 0.15) is 25.3 Å². The van der Waals surface area contributed by atoms with Crippen LogP contribution in [0.2, 0.25) is 0 Å². The predicted octanol–water partition coefficient (Wildman–Crippen LogP) is 3.40. The molecular formula is C15H21F3N2. The highest BCUT2D eigenvalue weighted by Gasteiger charge is 2.41. The Bertz CT molecular complexity index is 443. The number of hydrogen-bond donors (Lipinski definition) is 1. The Morgan fingerprint density at radius 3 is 2.70 bits per heavy atom. The van der Waals surface area contributed by atoms with Gasteiger partial charge in [-0.25, -0.2) is 0 Å². The lowest BCUT2D eigenvalue weighted by molar-refractivity contribution is -0.169. The second-order valence-electron chi connectivity index (χ2n) is 5.64. The zero-order chi connectivity index (χ0) is 14.8. The van der Waals surface area contributed by atoms with Crippen molar-refractivity contribution in [2.45, 2.75) is 25.9 Å². The quantitative estimate of drug-likeness (QED) is 0.896. The van der Waals surface area contributed by atoms with Gasteiger partial charge in [0, 0.05) is 31.9 Å². The summed E-state index contributed by atoms with van der Waals surface area (Å²) in [6, 6.07) is 7.84. The monoisotopic (exact) mass is 286 g/mol. The van der Waals surface area contributed by atoms with Crippen LogP contribution in [-0.2, 0) is 0 Å². The van der Waals surface area contributed by atoms with Crippen LogP contribution >= 0.6 is 0 Å². The molecule has 112 valence electrons. The summed E-state index contributed by atoms with van der Waals surface area (Å²) in [5.74, 6) is -0.939. The lowest BCUT2D eigenvalue weighted by atomic mass is 10.0. The molecule has 20 heavy (non-hydrogen) atoms. The summed E-state index contributed by atoms with van der Waals surface area (Å²) in [6.45, 7) is 5.39. The molecule has 1 aromatic carbocycles. The Balaban J connectivity index is 2.20. The van der Waals surface area contributed by atoms with Crippen LogP contribution in [0.25, 0.3) is 0 Å². The van der Waals surface area contributed by atoms with Gasteiger partial charge in [-0.3, -0.25) is 0 Å².